The zero-order chi connectivity index (χ0) is 14.5. The smallest absolute Gasteiger partial charge is 0.201 e. The topological polar surface area (TPSA) is 43.4 Å². The van der Waals surface area contributed by atoms with E-state index in [2.05, 4.69) is 41.5 Å². The highest BCUT2D eigenvalue weighted by Crippen LogP contribution is 2.43. The Labute approximate surface area is 112 Å². The van der Waals surface area contributed by atoms with Gasteiger partial charge < -0.3 is 9.22 Å². The van der Waals surface area contributed by atoms with Crippen LogP contribution in [0.4, 0.5) is 0 Å². The van der Waals surface area contributed by atoms with Gasteiger partial charge in [-0.05, 0) is 23.5 Å². The number of ketones is 1. The predicted molar refractivity (Wildman–Crippen MR) is 77.3 cm³/mol. The molecule has 0 rings (SSSR count). The van der Waals surface area contributed by atoms with Crippen molar-refractivity contribution in [1.82, 2.24) is 0 Å². The Morgan fingerprint density at radius 1 is 1.06 bits per heavy atom. The molecule has 0 aliphatic heterocycles. The van der Waals surface area contributed by atoms with Crippen LogP contribution in [-0.2, 0) is 14.0 Å². The summed E-state index contributed by atoms with van der Waals surface area (Å²) in [7, 11) is -2.07. The highest BCUT2D eigenvalue weighted by Gasteiger charge is 2.47. The van der Waals surface area contributed by atoms with Crippen molar-refractivity contribution >= 4 is 20.4 Å². The third-order valence-electron chi connectivity index (χ3n) is 3.82. The molecule has 0 bridgehead atoms. The number of aldehydes is 1. The van der Waals surface area contributed by atoms with Crippen molar-refractivity contribution in [3.05, 3.63) is 0 Å². The third-order valence-corrected chi connectivity index (χ3v) is 9.92. The Kier molecular flexibility index (Phi) is 7.00. The number of hydrogen-bond donors (Lipinski definition) is 0. The molecule has 0 aromatic carbocycles. The summed E-state index contributed by atoms with van der Waals surface area (Å²) in [5.41, 5.74) is 1.27. The Bertz CT molecular complexity index is 263. The summed E-state index contributed by atoms with van der Waals surface area (Å²) in [6.07, 6.45) is 0.406. The van der Waals surface area contributed by atoms with Gasteiger partial charge in [-0.2, -0.15) is 0 Å². The first kappa shape index (κ1) is 17.5. The second-order valence-electron chi connectivity index (χ2n) is 5.94. The molecule has 106 valence electrons. The van der Waals surface area contributed by atoms with Crippen LogP contribution in [0.5, 0.6) is 0 Å². The summed E-state index contributed by atoms with van der Waals surface area (Å²) in [6.45, 7) is 14.5. The average Bonchev–Trinajstić information content (AvgIpc) is 2.21. The van der Waals surface area contributed by atoms with E-state index in [0.717, 1.165) is 6.29 Å². The largest absolute Gasteiger partial charge is 0.406 e. The molecule has 4 heteroatoms. The number of carbonyl (C=O) groups excluding carboxylic acids is 2. The summed E-state index contributed by atoms with van der Waals surface area (Å²) in [5.74, 6) is -0.0408. The van der Waals surface area contributed by atoms with Crippen LogP contribution < -0.4 is 0 Å². The minimum absolute atomic E-state index is 0.0408. The number of hydrogen-bond acceptors (Lipinski definition) is 3. The molecule has 0 amide bonds. The summed E-state index contributed by atoms with van der Waals surface area (Å²) in [5, 5.41) is 0. The van der Waals surface area contributed by atoms with Gasteiger partial charge in [-0.1, -0.05) is 41.5 Å². The van der Waals surface area contributed by atoms with E-state index in [-0.39, 0.29) is 12.2 Å². The van der Waals surface area contributed by atoms with Crippen molar-refractivity contribution in [3.8, 4) is 0 Å². The number of Topliss-reactive ketones (excluding diaryl/α,β-unsaturated/α-hetero) is 1. The minimum Gasteiger partial charge on any atom is -0.406 e. The molecule has 18 heavy (non-hydrogen) atoms. The normalized spacial score (nSPS) is 14.3. The third kappa shape index (κ3) is 3.75. The lowest BCUT2D eigenvalue weighted by Gasteiger charge is -2.44. The van der Waals surface area contributed by atoms with E-state index in [0.29, 0.717) is 16.6 Å². The molecule has 0 saturated heterocycles. The Balaban J connectivity index is 5.31. The lowest BCUT2D eigenvalue weighted by atomic mass is 10.2. The van der Waals surface area contributed by atoms with Gasteiger partial charge in [0.1, 0.15) is 12.4 Å². The van der Waals surface area contributed by atoms with Gasteiger partial charge in [0, 0.05) is 6.42 Å². The van der Waals surface area contributed by atoms with Crippen molar-refractivity contribution in [1.29, 1.82) is 0 Å². The fraction of sp³-hybridized carbons (Fsp3) is 0.857. The summed E-state index contributed by atoms with van der Waals surface area (Å²) >= 11 is 0. The van der Waals surface area contributed by atoms with E-state index < -0.39 is 14.4 Å². The first-order chi connectivity index (χ1) is 8.20. The Morgan fingerprint density at radius 2 is 1.44 bits per heavy atom. The molecule has 3 nitrogen and oxygen atoms in total. The quantitative estimate of drug-likeness (QED) is 0.499. The summed E-state index contributed by atoms with van der Waals surface area (Å²) < 4.78 is 6.28. The van der Waals surface area contributed by atoms with Gasteiger partial charge in [0.15, 0.2) is 5.78 Å². The van der Waals surface area contributed by atoms with E-state index in [9.17, 15) is 9.59 Å². The molecule has 0 aliphatic carbocycles. The molecule has 1 atom stereocenters. The van der Waals surface area contributed by atoms with Gasteiger partial charge in [0.25, 0.3) is 0 Å². The molecule has 0 saturated carbocycles. The van der Waals surface area contributed by atoms with E-state index in [1.54, 1.807) is 0 Å². The molecule has 0 fully saturated rings. The second-order valence-corrected chi connectivity index (χ2v) is 11.3. The highest BCUT2D eigenvalue weighted by atomic mass is 28.4. The number of carbonyl (C=O) groups is 2. The maximum atomic E-state index is 11.6. The molecule has 1 unspecified atom stereocenters. The van der Waals surface area contributed by atoms with E-state index in [4.69, 9.17) is 4.43 Å². The molecule has 0 heterocycles. The van der Waals surface area contributed by atoms with Crippen LogP contribution in [0.25, 0.3) is 0 Å². The molecule has 0 aromatic heterocycles. The highest BCUT2D eigenvalue weighted by molar-refractivity contribution is 6.77. The Hall–Kier alpha value is -0.483. The van der Waals surface area contributed by atoms with Gasteiger partial charge in [-0.25, -0.2) is 0 Å². The standard InChI is InChI=1S/C14H28O3Si/c1-10(2)18(11(3)4,12(5)6)17-14(8-9-15)13(7)16/h9-12,14H,8H2,1-7H3. The fourth-order valence-electron chi connectivity index (χ4n) is 3.04. The molecular weight excluding hydrogens is 244 g/mol. The van der Waals surface area contributed by atoms with Crippen molar-refractivity contribution in [2.24, 2.45) is 0 Å². The van der Waals surface area contributed by atoms with Crippen molar-refractivity contribution in [3.63, 3.8) is 0 Å². The Morgan fingerprint density at radius 3 is 1.67 bits per heavy atom. The van der Waals surface area contributed by atoms with Crippen molar-refractivity contribution in [2.45, 2.75) is 77.6 Å². The lowest BCUT2D eigenvalue weighted by molar-refractivity contribution is -0.126. The van der Waals surface area contributed by atoms with E-state index in [1.807, 2.05) is 0 Å². The summed E-state index contributed by atoms with van der Waals surface area (Å²) in [6, 6.07) is 0. The SMILES string of the molecule is CC(=O)C(CC=O)O[Si](C(C)C)(C(C)C)C(C)C. The van der Waals surface area contributed by atoms with Crippen LogP contribution >= 0.6 is 0 Å². The van der Waals surface area contributed by atoms with Crippen LogP contribution in [0.15, 0.2) is 0 Å². The van der Waals surface area contributed by atoms with Crippen LogP contribution in [-0.4, -0.2) is 26.5 Å². The molecule has 0 radical (unpaired) electrons. The lowest BCUT2D eigenvalue weighted by Crippen LogP contribution is -2.51. The van der Waals surface area contributed by atoms with Crippen molar-refractivity contribution < 1.29 is 14.0 Å². The van der Waals surface area contributed by atoms with Gasteiger partial charge in [-0.3, -0.25) is 4.79 Å². The van der Waals surface area contributed by atoms with Gasteiger partial charge in [0.05, 0.1) is 0 Å². The second kappa shape index (κ2) is 7.19. The van der Waals surface area contributed by atoms with Crippen LogP contribution in [0.1, 0.15) is 54.9 Å². The maximum Gasteiger partial charge on any atom is 0.201 e. The van der Waals surface area contributed by atoms with Crippen LogP contribution in [0, 0.1) is 0 Å². The zero-order valence-corrected chi connectivity index (χ0v) is 13.8. The van der Waals surface area contributed by atoms with E-state index in [1.165, 1.54) is 6.92 Å². The minimum atomic E-state index is -2.07. The molecule has 0 N–H and O–H groups in total. The fourth-order valence-corrected chi connectivity index (χ4v) is 8.61. The first-order valence-corrected chi connectivity index (χ1v) is 8.96. The van der Waals surface area contributed by atoms with E-state index >= 15 is 0 Å². The summed E-state index contributed by atoms with van der Waals surface area (Å²) in [4.78, 5) is 22.3. The number of rotatable bonds is 8. The van der Waals surface area contributed by atoms with Crippen molar-refractivity contribution in [2.75, 3.05) is 0 Å². The molecular formula is C14H28O3Si. The molecule has 0 aliphatic rings. The monoisotopic (exact) mass is 272 g/mol. The molecule has 0 aromatic rings. The van der Waals surface area contributed by atoms with Gasteiger partial charge in [-0.15, -0.1) is 0 Å². The van der Waals surface area contributed by atoms with Gasteiger partial charge in [0.2, 0.25) is 8.32 Å². The van der Waals surface area contributed by atoms with Crippen LogP contribution in [0.2, 0.25) is 16.6 Å². The molecule has 0 spiro atoms. The van der Waals surface area contributed by atoms with Crippen LogP contribution in [0.3, 0.4) is 0 Å². The maximum absolute atomic E-state index is 11.6. The zero-order valence-electron chi connectivity index (χ0n) is 12.8. The average molecular weight is 272 g/mol. The predicted octanol–water partition coefficient (Wildman–Crippen LogP) is 3.73. The first-order valence-electron chi connectivity index (χ1n) is 6.81. The van der Waals surface area contributed by atoms with Gasteiger partial charge >= 0.3 is 0 Å².